The fourth-order valence-electron chi connectivity index (χ4n) is 9.93. The van der Waals surface area contributed by atoms with Crippen LogP contribution in [0.1, 0.15) is 31.8 Å². The van der Waals surface area contributed by atoms with E-state index in [1.54, 1.807) is 91.0 Å². The van der Waals surface area contributed by atoms with E-state index >= 15 is 0 Å². The highest BCUT2D eigenvalue weighted by Gasteiger charge is 2.34. The highest BCUT2D eigenvalue weighted by atomic mass is 79.9. The first kappa shape index (κ1) is 44.5. The van der Waals surface area contributed by atoms with Crippen LogP contribution in [-0.4, -0.2) is 21.5 Å². The van der Waals surface area contributed by atoms with Gasteiger partial charge in [0, 0.05) is 54.2 Å². The second-order valence-corrected chi connectivity index (χ2v) is 18.5. The van der Waals surface area contributed by atoms with E-state index in [1.165, 1.54) is 0 Å². The number of rotatable bonds is 6. The molecule has 11 aromatic carbocycles. The third-order valence-electron chi connectivity index (χ3n) is 13.3. The minimum atomic E-state index is -0.299. The number of nitrogen functional groups attached to an aromatic ring is 1. The fourth-order valence-corrected chi connectivity index (χ4v) is 10.4. The molecule has 12 nitrogen and oxygen atoms in total. The Morgan fingerprint density at radius 2 is 0.699 bits per heavy atom. The van der Waals surface area contributed by atoms with Crippen LogP contribution < -0.4 is 43.4 Å². The van der Waals surface area contributed by atoms with Gasteiger partial charge in [0.25, 0.3) is 0 Å². The predicted molar refractivity (Wildman–Crippen MR) is 297 cm³/mol. The molecule has 0 unspecified atom stereocenters. The number of anilines is 7. The predicted octanol–water partition coefficient (Wildman–Crippen LogP) is 12.2. The molecule has 350 valence electrons. The van der Waals surface area contributed by atoms with E-state index in [0.29, 0.717) is 81.8 Å². The van der Waals surface area contributed by atoms with Gasteiger partial charge in [-0.2, -0.15) is 0 Å². The van der Waals surface area contributed by atoms with Crippen LogP contribution in [0.25, 0.3) is 65.2 Å². The van der Waals surface area contributed by atoms with Crippen molar-refractivity contribution in [2.75, 3.05) is 21.7 Å². The molecule has 1 aromatic heterocycles. The summed E-state index contributed by atoms with van der Waals surface area (Å²) in [5, 5.41) is 12.1. The number of H-pyrrole nitrogens is 2. The maximum Gasteiger partial charge on any atom is 0.196 e. The number of para-hydroxylation sites is 3. The van der Waals surface area contributed by atoms with Gasteiger partial charge in [-0.1, -0.05) is 127 Å². The SMILES string of the molecule is Nc1c(Br)cc(Nc2ccccc2)c2c1C(=O)c1ccccc1C2=O.O=c1c2ccccc2c(=O)c2c1c(Nc1ccccc1)cc1[nH]c3c(cc(Nc4ccccc4)c4c(=O)c5ccccc5c(=O)c43)[nH]c12. The summed E-state index contributed by atoms with van der Waals surface area (Å²) in [7, 11) is 0. The van der Waals surface area contributed by atoms with Crippen LogP contribution in [0.15, 0.2) is 206 Å². The van der Waals surface area contributed by atoms with Crippen molar-refractivity contribution in [3.05, 3.63) is 250 Å². The molecule has 0 fully saturated rings. The van der Waals surface area contributed by atoms with Crippen LogP contribution in [0.2, 0.25) is 0 Å². The van der Waals surface area contributed by atoms with Crippen molar-refractivity contribution in [1.82, 2.24) is 9.97 Å². The summed E-state index contributed by atoms with van der Waals surface area (Å²) in [5.74, 6) is -0.442. The second-order valence-electron chi connectivity index (χ2n) is 17.6. The molecule has 13 rings (SSSR count). The molecule has 1 aliphatic rings. The quantitative estimate of drug-likeness (QED) is 0.0530. The van der Waals surface area contributed by atoms with E-state index in [1.807, 2.05) is 91.0 Å². The van der Waals surface area contributed by atoms with E-state index < -0.39 is 0 Å². The van der Waals surface area contributed by atoms with Gasteiger partial charge in [-0.3, -0.25) is 28.8 Å². The Morgan fingerprint density at radius 3 is 1.10 bits per heavy atom. The zero-order chi connectivity index (χ0) is 50.1. The molecule has 0 aliphatic heterocycles. The Labute approximate surface area is 421 Å². The summed E-state index contributed by atoms with van der Waals surface area (Å²) < 4.78 is 0.574. The average Bonchev–Trinajstić information content (AvgIpc) is 3.42. The number of carbonyl (C=O) groups excluding carboxylic acids is 2. The maximum absolute atomic E-state index is 14.3. The van der Waals surface area contributed by atoms with Gasteiger partial charge < -0.3 is 31.7 Å². The van der Waals surface area contributed by atoms with Gasteiger partial charge in [-0.25, -0.2) is 0 Å². The first-order chi connectivity index (χ1) is 35.5. The van der Waals surface area contributed by atoms with Gasteiger partial charge in [0.05, 0.1) is 77.5 Å². The molecule has 0 radical (unpaired) electrons. The Balaban J connectivity index is 0.000000182. The smallest absolute Gasteiger partial charge is 0.196 e. The van der Waals surface area contributed by atoms with Crippen LogP contribution in [0.5, 0.6) is 0 Å². The van der Waals surface area contributed by atoms with E-state index in [0.717, 1.165) is 17.1 Å². The summed E-state index contributed by atoms with van der Waals surface area (Å²) in [6, 6.07) is 53.9. The fraction of sp³-hybridized carbons (Fsp3) is 0. The second kappa shape index (κ2) is 17.6. The van der Waals surface area contributed by atoms with Crippen molar-refractivity contribution in [2.24, 2.45) is 0 Å². The monoisotopic (exact) mass is 1020 g/mol. The van der Waals surface area contributed by atoms with Gasteiger partial charge in [0.15, 0.2) is 33.3 Å². The minimum absolute atomic E-state index is 0.206. The topological polar surface area (TPSA) is 196 Å². The number of nitrogens with two attached hydrogens (primary N) is 1. The molecule has 0 amide bonds. The van der Waals surface area contributed by atoms with Crippen LogP contribution in [0.4, 0.5) is 39.8 Å². The summed E-state index contributed by atoms with van der Waals surface area (Å²) in [5.41, 5.74) is 12.1. The van der Waals surface area contributed by atoms with Crippen molar-refractivity contribution < 1.29 is 9.59 Å². The molecule has 1 heterocycles. The number of halogens is 1. The molecule has 0 saturated carbocycles. The van der Waals surface area contributed by atoms with Gasteiger partial charge in [-0.05, 0) is 70.5 Å². The molecule has 1 aliphatic carbocycles. The first-order valence-corrected chi connectivity index (χ1v) is 23.9. The number of hydrogen-bond donors (Lipinski definition) is 6. The number of aromatic nitrogens is 2. The number of fused-ring (bicyclic) bond motifs is 10. The lowest BCUT2D eigenvalue weighted by Crippen LogP contribution is -2.23. The van der Waals surface area contributed by atoms with E-state index in [-0.39, 0.29) is 66.1 Å². The zero-order valence-electron chi connectivity index (χ0n) is 38.2. The Morgan fingerprint density at radius 1 is 0.370 bits per heavy atom. The van der Waals surface area contributed by atoms with Gasteiger partial charge in [-0.15, -0.1) is 0 Å². The van der Waals surface area contributed by atoms with Crippen molar-refractivity contribution in [2.45, 2.75) is 0 Å². The van der Waals surface area contributed by atoms with Gasteiger partial charge in [0.2, 0.25) is 0 Å². The van der Waals surface area contributed by atoms with Crippen molar-refractivity contribution in [3.63, 3.8) is 0 Å². The lowest BCUT2D eigenvalue weighted by Gasteiger charge is -2.23. The highest BCUT2D eigenvalue weighted by Crippen LogP contribution is 2.41. The number of ketones is 2. The molecule has 0 spiro atoms. The van der Waals surface area contributed by atoms with Crippen LogP contribution in [0.3, 0.4) is 0 Å². The summed E-state index contributed by atoms with van der Waals surface area (Å²) >= 11 is 3.40. The third kappa shape index (κ3) is 7.37. The van der Waals surface area contributed by atoms with Crippen molar-refractivity contribution in [1.29, 1.82) is 0 Å². The molecule has 0 atom stereocenters. The Kier molecular flexibility index (Phi) is 10.7. The minimum Gasteiger partial charge on any atom is -0.397 e. The molecule has 12 aromatic rings. The Hall–Kier alpha value is -9.72. The highest BCUT2D eigenvalue weighted by molar-refractivity contribution is 9.10. The summed E-state index contributed by atoms with van der Waals surface area (Å²) in [6.07, 6.45) is 0. The van der Waals surface area contributed by atoms with Crippen LogP contribution in [0, 0.1) is 0 Å². The standard InChI is InChI=1S/C40H24N4O4.C20H13BrN2O2/c45-37-23-15-7-9-17-25(23)39(47)33-31(37)27(41-21-11-3-1-4-12-21)19-29-35(33)44-30-20-28(42-22-13-5-2-6-14-22)32-34(36(30)43-29)40(48)26-18-10-8-16-24(26)38(32)46;21-14-10-15(23-11-6-2-1-3-7-11)16-17(18(14)22)20(25)13-9-5-4-8-12(13)19(16)24/h1-20,41-44H;1-10,23H,22H2. The van der Waals surface area contributed by atoms with Crippen molar-refractivity contribution in [3.8, 4) is 0 Å². The van der Waals surface area contributed by atoms with Crippen molar-refractivity contribution >= 4 is 132 Å². The average molecular weight is 1020 g/mol. The normalized spacial score (nSPS) is 12.0. The van der Waals surface area contributed by atoms with Gasteiger partial charge >= 0.3 is 0 Å². The van der Waals surface area contributed by atoms with Crippen LogP contribution in [-0.2, 0) is 0 Å². The molecule has 0 saturated heterocycles. The molecular weight excluding hydrogens is 981 g/mol. The first-order valence-electron chi connectivity index (χ1n) is 23.1. The lowest BCUT2D eigenvalue weighted by atomic mass is 9.82. The van der Waals surface area contributed by atoms with Crippen LogP contribution >= 0.6 is 15.9 Å². The van der Waals surface area contributed by atoms with E-state index in [2.05, 4.69) is 41.8 Å². The van der Waals surface area contributed by atoms with E-state index in [4.69, 9.17) is 5.73 Å². The number of benzene rings is 11. The summed E-state index contributed by atoms with van der Waals surface area (Å²) in [6.45, 7) is 0. The Bertz CT molecular complexity index is 4360. The molecule has 73 heavy (non-hydrogen) atoms. The zero-order valence-corrected chi connectivity index (χ0v) is 39.8. The number of carbonyl (C=O) groups is 2. The third-order valence-corrected chi connectivity index (χ3v) is 13.9. The molecule has 7 N–H and O–H groups in total. The largest absolute Gasteiger partial charge is 0.397 e. The van der Waals surface area contributed by atoms with E-state index in [9.17, 15) is 28.8 Å². The number of aromatic amines is 2. The maximum atomic E-state index is 14.3. The molecule has 13 heteroatoms. The number of hydrogen-bond acceptors (Lipinski definition) is 10. The number of nitrogens with one attached hydrogen (secondary N) is 5. The molecular formula is C60H37BrN6O6. The van der Waals surface area contributed by atoms with Gasteiger partial charge in [0.1, 0.15) is 0 Å². The molecule has 0 bridgehead atoms. The summed E-state index contributed by atoms with van der Waals surface area (Å²) in [4.78, 5) is 89.6. The lowest BCUT2D eigenvalue weighted by molar-refractivity contribution is 0.0980.